The first-order chi connectivity index (χ1) is 8.03. The number of nitrogens with one attached hydrogen (secondary N) is 1. The number of pyridine rings is 1. The minimum Gasteiger partial charge on any atom is -0.379 e. The van der Waals surface area contributed by atoms with Gasteiger partial charge in [0.1, 0.15) is 0 Å². The minimum atomic E-state index is -0.364. The van der Waals surface area contributed by atoms with E-state index in [1.807, 2.05) is 32.9 Å². The van der Waals surface area contributed by atoms with Crippen molar-refractivity contribution in [3.05, 3.63) is 29.6 Å². The van der Waals surface area contributed by atoms with E-state index in [1.165, 1.54) is 0 Å². The molecule has 1 amide bonds. The summed E-state index contributed by atoms with van der Waals surface area (Å²) in [6, 6.07) is 3.83. The van der Waals surface area contributed by atoms with E-state index in [0.717, 1.165) is 11.3 Å². The summed E-state index contributed by atoms with van der Waals surface area (Å²) in [5.74, 6) is 0.0429. The third-order valence-corrected chi connectivity index (χ3v) is 3.20. The Labute approximate surface area is 101 Å². The fourth-order valence-electron chi connectivity index (χ4n) is 1.93. The Bertz CT molecular complexity index is 427. The molecule has 1 aliphatic heterocycles. The van der Waals surface area contributed by atoms with Gasteiger partial charge in [0.15, 0.2) is 0 Å². The summed E-state index contributed by atoms with van der Waals surface area (Å²) < 4.78 is 5.09. The molecule has 0 aromatic carbocycles. The summed E-state index contributed by atoms with van der Waals surface area (Å²) >= 11 is 0. The Morgan fingerprint density at radius 1 is 1.59 bits per heavy atom. The lowest BCUT2D eigenvalue weighted by molar-refractivity contribution is -0.158. The number of aryl methyl sites for hydroxylation is 1. The zero-order valence-electron chi connectivity index (χ0n) is 10.5. The Morgan fingerprint density at radius 3 is 2.82 bits per heavy atom. The van der Waals surface area contributed by atoms with Gasteiger partial charge in [0, 0.05) is 6.20 Å². The highest BCUT2D eigenvalue weighted by atomic mass is 16.5. The monoisotopic (exact) mass is 234 g/mol. The van der Waals surface area contributed by atoms with Crippen molar-refractivity contribution in [2.45, 2.75) is 26.8 Å². The van der Waals surface area contributed by atoms with Crippen LogP contribution in [0.5, 0.6) is 0 Å². The minimum absolute atomic E-state index is 0.0429. The molecular formula is C13H18N2O2. The maximum absolute atomic E-state index is 12.0. The summed E-state index contributed by atoms with van der Waals surface area (Å²) in [5, 5.41) is 3.00. The number of aromatic nitrogens is 1. The van der Waals surface area contributed by atoms with Crippen LogP contribution in [0.1, 0.15) is 31.1 Å². The number of nitrogens with zero attached hydrogens (tertiary/aromatic N) is 1. The Balaban J connectivity index is 2.04. The highest BCUT2D eigenvalue weighted by Gasteiger charge is 2.41. The molecule has 0 unspecified atom stereocenters. The summed E-state index contributed by atoms with van der Waals surface area (Å²) in [5.41, 5.74) is 1.65. The summed E-state index contributed by atoms with van der Waals surface area (Å²) in [6.45, 7) is 6.89. The van der Waals surface area contributed by atoms with Gasteiger partial charge in [0.05, 0.1) is 30.4 Å². The van der Waals surface area contributed by atoms with Gasteiger partial charge in [-0.05, 0) is 32.4 Å². The molecule has 0 radical (unpaired) electrons. The predicted molar refractivity (Wildman–Crippen MR) is 64.5 cm³/mol. The van der Waals surface area contributed by atoms with E-state index in [2.05, 4.69) is 10.3 Å². The van der Waals surface area contributed by atoms with Crippen molar-refractivity contribution in [1.82, 2.24) is 10.3 Å². The summed E-state index contributed by atoms with van der Waals surface area (Å²) in [7, 11) is 0. The molecule has 1 aliphatic rings. The molecule has 0 aliphatic carbocycles. The molecule has 1 fully saturated rings. The number of carbonyl (C=O) groups is 1. The topological polar surface area (TPSA) is 51.2 Å². The van der Waals surface area contributed by atoms with Gasteiger partial charge in [-0.1, -0.05) is 6.07 Å². The van der Waals surface area contributed by atoms with Crippen LogP contribution in [0, 0.1) is 12.3 Å². The zero-order chi connectivity index (χ0) is 12.5. The van der Waals surface area contributed by atoms with Crippen LogP contribution in [0.4, 0.5) is 0 Å². The highest BCUT2D eigenvalue weighted by Crippen LogP contribution is 2.27. The number of hydrogen-bond donors (Lipinski definition) is 1. The lowest BCUT2D eigenvalue weighted by Crippen LogP contribution is -2.52. The molecule has 0 bridgehead atoms. The van der Waals surface area contributed by atoms with E-state index in [-0.39, 0.29) is 17.4 Å². The lowest BCUT2D eigenvalue weighted by Gasteiger charge is -2.37. The smallest absolute Gasteiger partial charge is 0.231 e. The number of ether oxygens (including phenoxy) is 1. The molecule has 1 N–H and O–H groups in total. The van der Waals surface area contributed by atoms with Crippen LogP contribution in [0.25, 0.3) is 0 Å². The van der Waals surface area contributed by atoms with Gasteiger partial charge >= 0.3 is 0 Å². The molecule has 1 saturated heterocycles. The van der Waals surface area contributed by atoms with E-state index >= 15 is 0 Å². The van der Waals surface area contributed by atoms with Gasteiger partial charge in [-0.3, -0.25) is 9.78 Å². The average Bonchev–Trinajstić information content (AvgIpc) is 2.26. The van der Waals surface area contributed by atoms with Gasteiger partial charge in [0.2, 0.25) is 5.91 Å². The van der Waals surface area contributed by atoms with Crippen molar-refractivity contribution in [3.63, 3.8) is 0 Å². The van der Waals surface area contributed by atoms with E-state index in [9.17, 15) is 4.79 Å². The number of hydrogen-bond acceptors (Lipinski definition) is 3. The summed E-state index contributed by atoms with van der Waals surface area (Å²) in [4.78, 5) is 16.3. The van der Waals surface area contributed by atoms with Crippen LogP contribution in [-0.2, 0) is 9.53 Å². The second kappa shape index (κ2) is 4.45. The number of amides is 1. The zero-order valence-corrected chi connectivity index (χ0v) is 10.5. The van der Waals surface area contributed by atoms with Gasteiger partial charge in [-0.2, -0.15) is 0 Å². The van der Waals surface area contributed by atoms with Crippen LogP contribution in [0.3, 0.4) is 0 Å². The Kier molecular flexibility index (Phi) is 3.15. The third kappa shape index (κ3) is 2.31. The van der Waals surface area contributed by atoms with Crippen LogP contribution in [0.2, 0.25) is 0 Å². The molecule has 4 nitrogen and oxygen atoms in total. The van der Waals surface area contributed by atoms with Crippen molar-refractivity contribution in [3.8, 4) is 0 Å². The van der Waals surface area contributed by atoms with Crippen LogP contribution in [-0.4, -0.2) is 24.1 Å². The number of carbonyl (C=O) groups excluding carboxylic acids is 1. The fourth-order valence-corrected chi connectivity index (χ4v) is 1.93. The van der Waals surface area contributed by atoms with Crippen LogP contribution < -0.4 is 5.32 Å². The molecule has 92 valence electrons. The van der Waals surface area contributed by atoms with E-state index in [1.54, 1.807) is 6.20 Å². The van der Waals surface area contributed by atoms with Gasteiger partial charge in [0.25, 0.3) is 0 Å². The maximum atomic E-state index is 12.0. The molecule has 2 heterocycles. The first-order valence-corrected chi connectivity index (χ1v) is 5.83. The van der Waals surface area contributed by atoms with Gasteiger partial charge in [-0.15, -0.1) is 0 Å². The van der Waals surface area contributed by atoms with E-state index in [4.69, 9.17) is 4.74 Å². The number of rotatable bonds is 3. The van der Waals surface area contributed by atoms with Crippen molar-refractivity contribution in [2.75, 3.05) is 13.2 Å². The van der Waals surface area contributed by atoms with Crippen molar-refractivity contribution < 1.29 is 9.53 Å². The molecule has 1 aromatic rings. The van der Waals surface area contributed by atoms with E-state index < -0.39 is 0 Å². The fraction of sp³-hybridized carbons (Fsp3) is 0.538. The van der Waals surface area contributed by atoms with Gasteiger partial charge < -0.3 is 10.1 Å². The molecule has 4 heteroatoms. The summed E-state index contributed by atoms with van der Waals surface area (Å²) in [6.07, 6.45) is 1.75. The van der Waals surface area contributed by atoms with Crippen LogP contribution in [0.15, 0.2) is 18.3 Å². The average molecular weight is 234 g/mol. The van der Waals surface area contributed by atoms with Crippen LogP contribution >= 0.6 is 0 Å². The third-order valence-electron chi connectivity index (χ3n) is 3.20. The highest BCUT2D eigenvalue weighted by molar-refractivity contribution is 5.83. The molecule has 1 atom stereocenters. The second-order valence-electron chi connectivity index (χ2n) is 4.95. The largest absolute Gasteiger partial charge is 0.379 e. The normalized spacial score (nSPS) is 19.2. The van der Waals surface area contributed by atoms with E-state index in [0.29, 0.717) is 13.2 Å². The Morgan fingerprint density at radius 2 is 2.29 bits per heavy atom. The van der Waals surface area contributed by atoms with Gasteiger partial charge in [-0.25, -0.2) is 0 Å². The molecule has 2 rings (SSSR count). The molecule has 0 saturated carbocycles. The molecule has 0 spiro atoms. The Hall–Kier alpha value is -1.42. The molecular weight excluding hydrogens is 216 g/mol. The lowest BCUT2D eigenvalue weighted by atomic mass is 9.87. The quantitative estimate of drug-likeness (QED) is 0.864. The molecule has 17 heavy (non-hydrogen) atoms. The standard InChI is InChI=1S/C13H18N2O2/c1-9-5-4-6-14-11(9)10(2)15-12(16)13(3)7-17-8-13/h4-6,10H,7-8H2,1-3H3,(H,15,16)/t10-/m1/s1. The SMILES string of the molecule is Cc1cccnc1[C@@H](C)NC(=O)C1(C)COC1. The first-order valence-electron chi connectivity index (χ1n) is 5.83. The predicted octanol–water partition coefficient (Wildman–Crippen LogP) is 1.60. The second-order valence-corrected chi connectivity index (χ2v) is 4.95. The first kappa shape index (κ1) is 12.0. The van der Waals surface area contributed by atoms with Crippen molar-refractivity contribution in [1.29, 1.82) is 0 Å². The molecule has 1 aromatic heterocycles. The maximum Gasteiger partial charge on any atom is 0.231 e. The van der Waals surface area contributed by atoms with Crippen molar-refractivity contribution in [2.24, 2.45) is 5.41 Å². The van der Waals surface area contributed by atoms with Crippen molar-refractivity contribution >= 4 is 5.91 Å².